The van der Waals surface area contributed by atoms with E-state index in [9.17, 15) is 18.0 Å². The summed E-state index contributed by atoms with van der Waals surface area (Å²) in [6.07, 6.45) is 5.79. The number of amides is 2. The van der Waals surface area contributed by atoms with Gasteiger partial charge in [0.25, 0.3) is 0 Å². The highest BCUT2D eigenvalue weighted by atomic mass is 35.5. The van der Waals surface area contributed by atoms with Gasteiger partial charge in [0.2, 0.25) is 10.0 Å². The maximum atomic E-state index is 13.0. The molecule has 2 N–H and O–H groups in total. The first-order chi connectivity index (χ1) is 14.4. The third-order valence-electron chi connectivity index (χ3n) is 5.41. The summed E-state index contributed by atoms with van der Waals surface area (Å²) >= 11 is 5.85. The lowest BCUT2D eigenvalue weighted by atomic mass is 10.1. The highest BCUT2D eigenvalue weighted by molar-refractivity contribution is 7.89. The van der Waals surface area contributed by atoms with E-state index in [-0.39, 0.29) is 24.0 Å². The molecule has 30 heavy (non-hydrogen) atoms. The first-order valence-electron chi connectivity index (χ1n) is 10.4. The summed E-state index contributed by atoms with van der Waals surface area (Å²) in [5.74, 6) is -1.47. The van der Waals surface area contributed by atoms with Gasteiger partial charge in [-0.15, -0.1) is 0 Å². The predicted molar refractivity (Wildman–Crippen MR) is 112 cm³/mol. The Labute approximate surface area is 182 Å². The van der Waals surface area contributed by atoms with Crippen LogP contribution in [0.5, 0.6) is 0 Å². The molecule has 2 aliphatic rings. The van der Waals surface area contributed by atoms with Gasteiger partial charge in [0, 0.05) is 17.6 Å². The Hall–Kier alpha value is -1.68. The minimum Gasteiger partial charge on any atom is -0.360 e. The molecule has 0 radical (unpaired) electrons. The molecule has 1 heterocycles. The first-order valence-corrected chi connectivity index (χ1v) is 12.2. The Bertz CT molecular complexity index is 839. The van der Waals surface area contributed by atoms with Crippen molar-refractivity contribution in [2.24, 2.45) is 0 Å². The van der Waals surface area contributed by atoms with Crippen LogP contribution in [-0.2, 0) is 24.3 Å². The lowest BCUT2D eigenvalue weighted by Crippen LogP contribution is -2.53. The molecule has 0 bridgehead atoms. The van der Waals surface area contributed by atoms with Crippen LogP contribution in [0, 0.1) is 0 Å². The van der Waals surface area contributed by atoms with Gasteiger partial charge in [-0.2, -0.15) is 4.31 Å². The summed E-state index contributed by atoms with van der Waals surface area (Å²) in [5, 5.41) is 5.74. The third-order valence-corrected chi connectivity index (χ3v) is 7.56. The summed E-state index contributed by atoms with van der Waals surface area (Å²) in [4.78, 5) is 24.6. The largest absolute Gasteiger partial charge is 0.360 e. The van der Waals surface area contributed by atoms with Gasteiger partial charge in [0.15, 0.2) is 0 Å². The number of sulfonamides is 1. The topological polar surface area (TPSA) is 105 Å². The minimum absolute atomic E-state index is 0.0125. The number of nitrogens with one attached hydrogen (secondary N) is 2. The number of benzene rings is 1. The van der Waals surface area contributed by atoms with Crippen LogP contribution >= 0.6 is 11.6 Å². The van der Waals surface area contributed by atoms with E-state index in [1.165, 1.54) is 28.6 Å². The molecule has 10 heteroatoms. The number of hydrogen-bond donors (Lipinski definition) is 2. The molecule has 1 saturated carbocycles. The van der Waals surface area contributed by atoms with Gasteiger partial charge in [-0.3, -0.25) is 9.59 Å². The summed E-state index contributed by atoms with van der Waals surface area (Å²) in [7, 11) is -3.83. The zero-order valence-corrected chi connectivity index (χ0v) is 18.4. The van der Waals surface area contributed by atoms with Crippen molar-refractivity contribution in [1.29, 1.82) is 0 Å². The van der Waals surface area contributed by atoms with Crippen molar-refractivity contribution in [3.05, 3.63) is 29.3 Å². The van der Waals surface area contributed by atoms with E-state index in [1.54, 1.807) is 0 Å². The van der Waals surface area contributed by atoms with Gasteiger partial charge >= 0.3 is 11.8 Å². The van der Waals surface area contributed by atoms with Gasteiger partial charge < -0.3 is 15.4 Å². The molecule has 1 aromatic rings. The number of rotatable bonds is 5. The van der Waals surface area contributed by atoms with Crippen LogP contribution in [0.1, 0.15) is 44.9 Å². The number of ether oxygens (including phenoxy) is 1. The second kappa shape index (κ2) is 10.6. The van der Waals surface area contributed by atoms with Crippen LogP contribution < -0.4 is 10.6 Å². The molecule has 1 unspecified atom stereocenters. The summed E-state index contributed by atoms with van der Waals surface area (Å²) in [5.41, 5.74) is 0. The Morgan fingerprint density at radius 3 is 2.37 bits per heavy atom. The van der Waals surface area contributed by atoms with Crippen molar-refractivity contribution in [2.45, 2.75) is 62.1 Å². The zero-order valence-electron chi connectivity index (χ0n) is 16.8. The van der Waals surface area contributed by atoms with Gasteiger partial charge in [0.1, 0.15) is 6.23 Å². The van der Waals surface area contributed by atoms with Crippen LogP contribution in [0.15, 0.2) is 29.2 Å². The smallest absolute Gasteiger partial charge is 0.309 e. The van der Waals surface area contributed by atoms with E-state index >= 15 is 0 Å². The summed E-state index contributed by atoms with van der Waals surface area (Å²) in [6.45, 7) is 0.533. The van der Waals surface area contributed by atoms with Crippen molar-refractivity contribution in [2.75, 3.05) is 19.7 Å². The SMILES string of the molecule is O=C(NCC1OCCCN1S(=O)(=O)c1ccc(Cl)cc1)C(=O)NC1CCCCCC1. The van der Waals surface area contributed by atoms with Gasteiger partial charge in [-0.1, -0.05) is 37.3 Å². The van der Waals surface area contributed by atoms with E-state index in [4.69, 9.17) is 16.3 Å². The van der Waals surface area contributed by atoms with Gasteiger partial charge in [0.05, 0.1) is 18.0 Å². The number of carbonyl (C=O) groups excluding carboxylic acids is 2. The van der Waals surface area contributed by atoms with Crippen molar-refractivity contribution < 1.29 is 22.7 Å². The van der Waals surface area contributed by atoms with Crippen LogP contribution in [0.4, 0.5) is 0 Å². The third kappa shape index (κ3) is 5.94. The van der Waals surface area contributed by atoms with E-state index in [0.717, 1.165) is 38.5 Å². The molecule has 1 aromatic carbocycles. The standard InChI is InChI=1S/C20H28ClN3O5S/c21-15-8-10-17(11-9-15)30(27,28)24-12-5-13-29-18(24)14-22-19(25)20(26)23-16-6-3-1-2-4-7-16/h8-11,16,18H,1-7,12-14H2,(H,22,25)(H,23,26). The summed E-state index contributed by atoms with van der Waals surface area (Å²) < 4.78 is 32.8. The van der Waals surface area contributed by atoms with E-state index < -0.39 is 28.1 Å². The van der Waals surface area contributed by atoms with Crippen molar-refractivity contribution in [3.8, 4) is 0 Å². The molecule has 0 spiro atoms. The van der Waals surface area contributed by atoms with Crippen LogP contribution in [0.3, 0.4) is 0 Å². The molecule has 3 rings (SSSR count). The molecule has 1 atom stereocenters. The fourth-order valence-corrected chi connectivity index (χ4v) is 5.47. The predicted octanol–water partition coefficient (Wildman–Crippen LogP) is 2.03. The van der Waals surface area contributed by atoms with Crippen molar-refractivity contribution in [1.82, 2.24) is 14.9 Å². The molecule has 1 saturated heterocycles. The molecule has 1 aliphatic carbocycles. The molecule has 8 nitrogen and oxygen atoms in total. The Morgan fingerprint density at radius 1 is 1.03 bits per heavy atom. The second-order valence-electron chi connectivity index (χ2n) is 7.62. The Morgan fingerprint density at radius 2 is 1.70 bits per heavy atom. The molecule has 2 fully saturated rings. The van der Waals surface area contributed by atoms with Crippen LogP contribution in [0.25, 0.3) is 0 Å². The molecule has 1 aliphatic heterocycles. The number of carbonyl (C=O) groups is 2. The fraction of sp³-hybridized carbons (Fsp3) is 0.600. The van der Waals surface area contributed by atoms with E-state index in [1.807, 2.05) is 0 Å². The number of hydrogen-bond acceptors (Lipinski definition) is 5. The fourth-order valence-electron chi connectivity index (χ4n) is 3.78. The second-order valence-corrected chi connectivity index (χ2v) is 9.95. The lowest BCUT2D eigenvalue weighted by molar-refractivity contribution is -0.140. The van der Waals surface area contributed by atoms with Gasteiger partial charge in [-0.25, -0.2) is 8.42 Å². The molecule has 166 valence electrons. The van der Waals surface area contributed by atoms with Gasteiger partial charge in [-0.05, 0) is 43.5 Å². The highest BCUT2D eigenvalue weighted by Gasteiger charge is 2.35. The molecular formula is C20H28ClN3O5S. The van der Waals surface area contributed by atoms with Crippen molar-refractivity contribution in [3.63, 3.8) is 0 Å². The Kier molecular flexibility index (Phi) is 8.10. The van der Waals surface area contributed by atoms with Crippen LogP contribution in [-0.4, -0.2) is 56.5 Å². The Balaban J connectivity index is 1.59. The monoisotopic (exact) mass is 457 g/mol. The van der Waals surface area contributed by atoms with Crippen molar-refractivity contribution >= 4 is 33.4 Å². The molecular weight excluding hydrogens is 430 g/mol. The number of nitrogens with zero attached hydrogens (tertiary/aromatic N) is 1. The van der Waals surface area contributed by atoms with E-state index in [2.05, 4.69) is 10.6 Å². The first kappa shape index (κ1) is 23.0. The number of halogens is 1. The zero-order chi connectivity index (χ0) is 21.6. The normalized spacial score (nSPS) is 21.6. The highest BCUT2D eigenvalue weighted by Crippen LogP contribution is 2.23. The lowest BCUT2D eigenvalue weighted by Gasteiger charge is -2.34. The minimum atomic E-state index is -3.83. The van der Waals surface area contributed by atoms with E-state index in [0.29, 0.717) is 18.1 Å². The average Bonchev–Trinajstić information content (AvgIpc) is 3.01. The molecule has 2 amide bonds. The quantitative estimate of drug-likeness (QED) is 0.520. The maximum absolute atomic E-state index is 13.0. The average molecular weight is 458 g/mol. The maximum Gasteiger partial charge on any atom is 0.309 e. The summed E-state index contributed by atoms with van der Waals surface area (Å²) in [6, 6.07) is 5.89. The molecule has 0 aromatic heterocycles. The van der Waals surface area contributed by atoms with Crippen LogP contribution in [0.2, 0.25) is 5.02 Å².